The van der Waals surface area contributed by atoms with Crippen LogP contribution in [-0.2, 0) is 7.05 Å². The average molecular weight is 486 g/mol. The maximum Gasteiger partial charge on any atom is 0.211 e. The summed E-state index contributed by atoms with van der Waals surface area (Å²) in [6.45, 7) is 4.23. The number of hydrogen-bond acceptors (Lipinski definition) is 3. The number of para-hydroxylation sites is 1. The lowest BCUT2D eigenvalue weighted by Crippen LogP contribution is -2.08. The van der Waals surface area contributed by atoms with Gasteiger partial charge in [0.1, 0.15) is 0 Å². The molecule has 0 aliphatic heterocycles. The van der Waals surface area contributed by atoms with E-state index in [2.05, 4.69) is 98.2 Å². The number of thiazole rings is 1. The van der Waals surface area contributed by atoms with Crippen LogP contribution >= 0.6 is 33.9 Å². The van der Waals surface area contributed by atoms with Gasteiger partial charge >= 0.3 is 0 Å². The summed E-state index contributed by atoms with van der Waals surface area (Å²) in [4.78, 5) is 0.888. The highest BCUT2D eigenvalue weighted by Gasteiger charge is 2.09. The Hall–Kier alpha value is -2.19. The maximum atomic E-state index is 4.44. The lowest BCUT2D eigenvalue weighted by Gasteiger charge is -2.09. The van der Waals surface area contributed by atoms with Crippen molar-refractivity contribution in [3.8, 4) is 5.69 Å². The maximum absolute atomic E-state index is 4.44. The van der Waals surface area contributed by atoms with Gasteiger partial charge in [-0.05, 0) is 78.9 Å². The normalized spacial score (nSPS) is 12.5. The van der Waals surface area contributed by atoms with E-state index < -0.39 is 0 Å². The first kappa shape index (κ1) is 18.2. The lowest BCUT2D eigenvalue weighted by molar-refractivity contribution is 0.889. The van der Waals surface area contributed by atoms with Crippen molar-refractivity contribution in [2.24, 2.45) is 17.3 Å². The fraction of sp³-hybridized carbons (Fsp3) is 0.143. The number of rotatable bonds is 3. The molecular weight excluding hydrogens is 467 g/mol. The second-order valence-electron chi connectivity index (χ2n) is 6.39. The fourth-order valence-corrected chi connectivity index (χ4v) is 4.56. The molecule has 0 amide bonds. The van der Waals surface area contributed by atoms with Crippen LogP contribution in [-0.4, -0.2) is 15.3 Å². The van der Waals surface area contributed by atoms with Gasteiger partial charge in [0.25, 0.3) is 0 Å². The minimum atomic E-state index is 0.888. The second kappa shape index (κ2) is 7.44. The number of aromatic nitrogens is 2. The molecule has 2 aromatic carbocycles. The molecule has 4 aromatic rings. The molecule has 0 saturated carbocycles. The monoisotopic (exact) mass is 486 g/mol. The molecular formula is C21H19IN4S. The first-order chi connectivity index (χ1) is 13.0. The Morgan fingerprint density at radius 3 is 2.52 bits per heavy atom. The Kier molecular flexibility index (Phi) is 5.01. The quantitative estimate of drug-likeness (QED) is 0.217. The SMILES string of the molecule is Cc1cc(/C=N/N=c2\sc3ccccc3n2C)c(C)n1-c1ccc(I)cc1. The van der Waals surface area contributed by atoms with Crippen LogP contribution in [0.25, 0.3) is 15.9 Å². The molecule has 0 N–H and O–H groups in total. The standard InChI is InChI=1S/C21H19IN4S/c1-14-12-16(15(2)26(14)18-10-8-17(22)9-11-18)13-23-24-21-25(3)19-6-4-5-7-20(19)27-21/h4-13H,1-3H3/b23-13+,24-21-. The minimum Gasteiger partial charge on any atom is -0.318 e. The fourth-order valence-electron chi connectivity index (χ4n) is 3.22. The molecule has 0 saturated heterocycles. The van der Waals surface area contributed by atoms with E-state index in [1.165, 1.54) is 19.5 Å². The van der Waals surface area contributed by atoms with Crippen molar-refractivity contribution in [1.29, 1.82) is 0 Å². The second-order valence-corrected chi connectivity index (χ2v) is 8.65. The molecule has 0 atom stereocenters. The first-order valence-corrected chi connectivity index (χ1v) is 10.5. The van der Waals surface area contributed by atoms with Crippen LogP contribution in [0, 0.1) is 17.4 Å². The van der Waals surface area contributed by atoms with Crippen LogP contribution in [0.5, 0.6) is 0 Å². The van der Waals surface area contributed by atoms with Gasteiger partial charge in [0, 0.05) is 33.3 Å². The van der Waals surface area contributed by atoms with E-state index >= 15 is 0 Å². The van der Waals surface area contributed by atoms with Crippen LogP contribution in [0.4, 0.5) is 0 Å². The highest BCUT2D eigenvalue weighted by atomic mass is 127. The zero-order valence-electron chi connectivity index (χ0n) is 15.3. The van der Waals surface area contributed by atoms with E-state index in [1.54, 1.807) is 11.3 Å². The predicted octanol–water partition coefficient (Wildman–Crippen LogP) is 5.19. The number of halogens is 1. The Morgan fingerprint density at radius 1 is 1.04 bits per heavy atom. The highest BCUT2D eigenvalue weighted by molar-refractivity contribution is 14.1. The number of aryl methyl sites for hydroxylation is 2. The zero-order valence-corrected chi connectivity index (χ0v) is 18.3. The molecule has 0 aliphatic rings. The van der Waals surface area contributed by atoms with E-state index in [0.29, 0.717) is 0 Å². The molecule has 0 spiro atoms. The Balaban J connectivity index is 1.69. The highest BCUT2D eigenvalue weighted by Crippen LogP contribution is 2.21. The van der Waals surface area contributed by atoms with Gasteiger partial charge in [-0.25, -0.2) is 0 Å². The van der Waals surface area contributed by atoms with Gasteiger partial charge in [0.05, 0.1) is 16.4 Å². The lowest BCUT2D eigenvalue weighted by atomic mass is 10.2. The van der Waals surface area contributed by atoms with Gasteiger partial charge in [-0.3, -0.25) is 0 Å². The van der Waals surface area contributed by atoms with Gasteiger partial charge < -0.3 is 9.13 Å². The van der Waals surface area contributed by atoms with Crippen LogP contribution < -0.4 is 4.80 Å². The molecule has 0 bridgehead atoms. The minimum absolute atomic E-state index is 0.888. The molecule has 27 heavy (non-hydrogen) atoms. The van der Waals surface area contributed by atoms with E-state index in [9.17, 15) is 0 Å². The average Bonchev–Trinajstić information content (AvgIpc) is 3.13. The van der Waals surface area contributed by atoms with E-state index in [-0.39, 0.29) is 0 Å². The molecule has 0 unspecified atom stereocenters. The molecule has 0 fully saturated rings. The Labute approximate surface area is 175 Å². The van der Waals surface area contributed by atoms with Crippen LogP contribution in [0.2, 0.25) is 0 Å². The summed E-state index contributed by atoms with van der Waals surface area (Å²) < 4.78 is 6.77. The molecule has 136 valence electrons. The van der Waals surface area contributed by atoms with Crippen molar-refractivity contribution in [3.05, 3.63) is 79.9 Å². The zero-order chi connectivity index (χ0) is 19.0. The van der Waals surface area contributed by atoms with Crippen LogP contribution in [0.1, 0.15) is 17.0 Å². The van der Waals surface area contributed by atoms with E-state index in [4.69, 9.17) is 0 Å². The number of fused-ring (bicyclic) bond motifs is 1. The van der Waals surface area contributed by atoms with Crippen molar-refractivity contribution in [2.75, 3.05) is 0 Å². The van der Waals surface area contributed by atoms with E-state index in [0.717, 1.165) is 21.7 Å². The third-order valence-corrected chi connectivity index (χ3v) is 6.43. The summed E-state index contributed by atoms with van der Waals surface area (Å²) >= 11 is 3.97. The topological polar surface area (TPSA) is 34.6 Å². The van der Waals surface area contributed by atoms with Crippen molar-refractivity contribution in [2.45, 2.75) is 13.8 Å². The van der Waals surface area contributed by atoms with Gasteiger partial charge in [0.2, 0.25) is 4.80 Å². The van der Waals surface area contributed by atoms with Gasteiger partial charge in [-0.15, -0.1) is 5.10 Å². The smallest absolute Gasteiger partial charge is 0.211 e. The molecule has 0 aliphatic carbocycles. The molecule has 6 heteroatoms. The molecule has 0 radical (unpaired) electrons. The summed E-state index contributed by atoms with van der Waals surface area (Å²) in [6, 6.07) is 19.0. The molecule has 2 aromatic heterocycles. The number of nitrogens with zero attached hydrogens (tertiary/aromatic N) is 4. The van der Waals surface area contributed by atoms with Gasteiger partial charge in [0.15, 0.2) is 0 Å². The van der Waals surface area contributed by atoms with Gasteiger partial charge in [-0.1, -0.05) is 23.5 Å². The predicted molar refractivity (Wildman–Crippen MR) is 122 cm³/mol. The van der Waals surface area contributed by atoms with E-state index in [1.807, 2.05) is 25.4 Å². The summed E-state index contributed by atoms with van der Waals surface area (Å²) in [5.41, 5.74) is 5.76. The number of hydrogen-bond donors (Lipinski definition) is 0. The summed E-state index contributed by atoms with van der Waals surface area (Å²) in [7, 11) is 2.02. The van der Waals surface area contributed by atoms with Crippen molar-refractivity contribution in [3.63, 3.8) is 0 Å². The summed E-state index contributed by atoms with van der Waals surface area (Å²) in [5, 5.41) is 8.81. The Morgan fingerprint density at radius 2 is 1.78 bits per heavy atom. The summed E-state index contributed by atoms with van der Waals surface area (Å²) in [6.07, 6.45) is 1.84. The van der Waals surface area contributed by atoms with Crippen LogP contribution in [0.3, 0.4) is 0 Å². The third-order valence-electron chi connectivity index (χ3n) is 4.61. The molecule has 2 heterocycles. The largest absolute Gasteiger partial charge is 0.318 e. The first-order valence-electron chi connectivity index (χ1n) is 8.61. The Bertz CT molecular complexity index is 1210. The van der Waals surface area contributed by atoms with Crippen molar-refractivity contribution in [1.82, 2.24) is 9.13 Å². The van der Waals surface area contributed by atoms with Crippen LogP contribution in [0.15, 0.2) is 64.8 Å². The van der Waals surface area contributed by atoms with Crippen molar-refractivity contribution >= 4 is 50.4 Å². The third kappa shape index (κ3) is 3.51. The molecule has 4 rings (SSSR count). The summed E-state index contributed by atoms with van der Waals surface area (Å²) in [5.74, 6) is 0. The van der Waals surface area contributed by atoms with Gasteiger partial charge in [-0.2, -0.15) is 5.10 Å². The molecule has 4 nitrogen and oxygen atoms in total. The number of benzene rings is 2. The van der Waals surface area contributed by atoms with Crippen molar-refractivity contribution < 1.29 is 0 Å².